The summed E-state index contributed by atoms with van der Waals surface area (Å²) in [6.45, 7) is 3.80. The number of aromatic nitrogens is 2. The van der Waals surface area contributed by atoms with Crippen LogP contribution in [0.3, 0.4) is 0 Å². The predicted octanol–water partition coefficient (Wildman–Crippen LogP) is 0.112. The first-order valence-electron chi connectivity index (χ1n) is 5.28. The van der Waals surface area contributed by atoms with Gasteiger partial charge in [-0.15, -0.1) is 0 Å². The van der Waals surface area contributed by atoms with Crippen LogP contribution in [0.2, 0.25) is 0 Å². The molecule has 3 N–H and O–H groups in total. The Labute approximate surface area is 100 Å². The lowest BCUT2D eigenvalue weighted by Gasteiger charge is -2.08. The third-order valence-corrected chi connectivity index (χ3v) is 1.87. The second-order valence-corrected chi connectivity index (χ2v) is 3.24. The van der Waals surface area contributed by atoms with E-state index in [4.69, 9.17) is 20.1 Å². The summed E-state index contributed by atoms with van der Waals surface area (Å²) in [4.78, 5) is 8.15. The van der Waals surface area contributed by atoms with Gasteiger partial charge in [-0.25, -0.2) is 10.8 Å². The van der Waals surface area contributed by atoms with E-state index in [-0.39, 0.29) is 0 Å². The molecule has 1 aromatic rings. The molecule has 0 bridgehead atoms. The minimum Gasteiger partial charge on any atom is -0.475 e. The number of nitrogens with two attached hydrogens (primary N) is 1. The Morgan fingerprint density at radius 2 is 2.00 bits per heavy atom. The average molecular weight is 242 g/mol. The fourth-order valence-electron chi connectivity index (χ4n) is 1.14. The lowest BCUT2D eigenvalue weighted by molar-refractivity contribution is 0.0536. The molecule has 0 fully saturated rings. The molecular weight excluding hydrogens is 224 g/mol. The molecule has 1 heterocycles. The average Bonchev–Trinajstić information content (AvgIpc) is 2.33. The molecule has 0 atom stereocenters. The van der Waals surface area contributed by atoms with Crippen LogP contribution >= 0.6 is 0 Å². The third-order valence-electron chi connectivity index (χ3n) is 1.87. The smallest absolute Gasteiger partial charge is 0.218 e. The van der Waals surface area contributed by atoms with Crippen LogP contribution < -0.4 is 16.0 Å². The van der Waals surface area contributed by atoms with Gasteiger partial charge in [-0.3, -0.25) is 0 Å². The highest BCUT2D eigenvalue weighted by molar-refractivity contribution is 5.36. The van der Waals surface area contributed by atoms with Crippen LogP contribution in [0.25, 0.3) is 0 Å². The van der Waals surface area contributed by atoms with Crippen LogP contribution in [0.15, 0.2) is 6.07 Å². The van der Waals surface area contributed by atoms with E-state index < -0.39 is 0 Å². The van der Waals surface area contributed by atoms with Gasteiger partial charge in [-0.05, 0) is 6.92 Å². The maximum absolute atomic E-state index is 5.40. The Morgan fingerprint density at radius 1 is 1.24 bits per heavy atom. The topological polar surface area (TPSA) is 91.5 Å². The molecule has 17 heavy (non-hydrogen) atoms. The number of aryl methyl sites for hydroxylation is 1. The maximum Gasteiger partial charge on any atom is 0.218 e. The first kappa shape index (κ1) is 13.6. The molecule has 0 radical (unpaired) electrons. The van der Waals surface area contributed by atoms with Crippen LogP contribution in [0.1, 0.15) is 5.82 Å². The lowest BCUT2D eigenvalue weighted by Crippen LogP contribution is -2.13. The number of ether oxygens (including phenoxy) is 3. The highest BCUT2D eigenvalue weighted by Gasteiger charge is 2.01. The number of hydrazine groups is 1. The van der Waals surface area contributed by atoms with Gasteiger partial charge in [0.25, 0.3) is 0 Å². The van der Waals surface area contributed by atoms with Crippen molar-refractivity contribution in [2.24, 2.45) is 5.84 Å². The van der Waals surface area contributed by atoms with Crippen molar-refractivity contribution < 1.29 is 14.2 Å². The molecule has 96 valence electrons. The molecule has 7 heteroatoms. The number of nitrogens with one attached hydrogen (secondary N) is 1. The number of nitrogens with zero attached hydrogens (tertiary/aromatic N) is 2. The first-order chi connectivity index (χ1) is 8.26. The van der Waals surface area contributed by atoms with E-state index in [9.17, 15) is 0 Å². The number of rotatable bonds is 8. The maximum atomic E-state index is 5.40. The van der Waals surface area contributed by atoms with Gasteiger partial charge >= 0.3 is 0 Å². The summed E-state index contributed by atoms with van der Waals surface area (Å²) in [5.74, 6) is 6.85. The highest BCUT2D eigenvalue weighted by Crippen LogP contribution is 2.11. The molecule has 0 aromatic carbocycles. The molecule has 0 spiro atoms. The Hall–Kier alpha value is -1.44. The Kier molecular flexibility index (Phi) is 6.23. The van der Waals surface area contributed by atoms with Gasteiger partial charge in [0.2, 0.25) is 5.88 Å². The molecule has 1 rings (SSSR count). The third kappa shape index (κ3) is 5.43. The van der Waals surface area contributed by atoms with Crippen molar-refractivity contribution in [3.8, 4) is 5.88 Å². The summed E-state index contributed by atoms with van der Waals surface area (Å²) < 4.78 is 15.5. The molecule has 0 aliphatic carbocycles. The van der Waals surface area contributed by atoms with Crippen LogP contribution in [-0.4, -0.2) is 43.5 Å². The van der Waals surface area contributed by atoms with E-state index in [1.54, 1.807) is 20.1 Å². The fourth-order valence-corrected chi connectivity index (χ4v) is 1.14. The zero-order chi connectivity index (χ0) is 12.5. The normalized spacial score (nSPS) is 10.3. The molecule has 7 nitrogen and oxygen atoms in total. The minimum atomic E-state index is 0.421. The Morgan fingerprint density at radius 3 is 2.71 bits per heavy atom. The second kappa shape index (κ2) is 7.77. The van der Waals surface area contributed by atoms with Crippen molar-refractivity contribution in [2.45, 2.75) is 6.92 Å². The summed E-state index contributed by atoms with van der Waals surface area (Å²) >= 11 is 0. The SMILES string of the molecule is COCCOCCOc1cc(NN)nc(C)n1. The standard InChI is InChI=1S/C10H18N4O3/c1-8-12-9(14-11)7-10(13-8)17-6-5-16-4-3-15-2/h7H,3-6,11H2,1-2H3,(H,12,13,14). The van der Waals surface area contributed by atoms with Gasteiger partial charge in [0.05, 0.1) is 19.8 Å². The largest absolute Gasteiger partial charge is 0.475 e. The van der Waals surface area contributed by atoms with Gasteiger partial charge in [0, 0.05) is 13.2 Å². The Balaban J connectivity index is 2.28. The van der Waals surface area contributed by atoms with Crippen molar-refractivity contribution in [1.29, 1.82) is 0 Å². The lowest BCUT2D eigenvalue weighted by atomic mass is 10.5. The van der Waals surface area contributed by atoms with Gasteiger partial charge in [-0.1, -0.05) is 0 Å². The van der Waals surface area contributed by atoms with Crippen molar-refractivity contribution in [3.05, 3.63) is 11.9 Å². The molecule has 0 aliphatic rings. The van der Waals surface area contributed by atoms with E-state index >= 15 is 0 Å². The van der Waals surface area contributed by atoms with Gasteiger partial charge in [-0.2, -0.15) is 4.98 Å². The number of hydrogen-bond acceptors (Lipinski definition) is 7. The summed E-state index contributed by atoms with van der Waals surface area (Å²) in [7, 11) is 1.63. The second-order valence-electron chi connectivity index (χ2n) is 3.24. The minimum absolute atomic E-state index is 0.421. The molecule has 0 aliphatic heterocycles. The van der Waals surface area contributed by atoms with Crippen molar-refractivity contribution >= 4 is 5.82 Å². The highest BCUT2D eigenvalue weighted by atomic mass is 16.5. The van der Waals surface area contributed by atoms with Crippen LogP contribution in [0.4, 0.5) is 5.82 Å². The molecule has 0 saturated heterocycles. The molecule has 0 unspecified atom stereocenters. The zero-order valence-electron chi connectivity index (χ0n) is 10.1. The summed E-state index contributed by atoms with van der Waals surface area (Å²) in [6, 6.07) is 1.63. The quantitative estimate of drug-likeness (QED) is 0.380. The van der Waals surface area contributed by atoms with E-state index in [0.717, 1.165) is 0 Å². The first-order valence-corrected chi connectivity index (χ1v) is 5.28. The van der Waals surface area contributed by atoms with Crippen LogP contribution in [-0.2, 0) is 9.47 Å². The van der Waals surface area contributed by atoms with E-state index in [1.807, 2.05) is 0 Å². The van der Waals surface area contributed by atoms with Gasteiger partial charge in [0.1, 0.15) is 18.2 Å². The number of anilines is 1. The summed E-state index contributed by atoms with van der Waals surface area (Å²) in [5, 5.41) is 0. The summed E-state index contributed by atoms with van der Waals surface area (Å²) in [5.41, 5.74) is 2.45. The van der Waals surface area contributed by atoms with E-state index in [1.165, 1.54) is 0 Å². The molecular formula is C10H18N4O3. The molecule has 0 amide bonds. The van der Waals surface area contributed by atoms with Crippen LogP contribution in [0.5, 0.6) is 5.88 Å². The monoisotopic (exact) mass is 242 g/mol. The van der Waals surface area contributed by atoms with Crippen molar-refractivity contribution in [3.63, 3.8) is 0 Å². The van der Waals surface area contributed by atoms with Crippen molar-refractivity contribution in [2.75, 3.05) is 39.0 Å². The fraction of sp³-hybridized carbons (Fsp3) is 0.600. The number of methoxy groups -OCH3 is 1. The molecule has 0 saturated carbocycles. The Bertz CT molecular complexity index is 335. The van der Waals surface area contributed by atoms with E-state index in [0.29, 0.717) is 43.9 Å². The zero-order valence-corrected chi connectivity index (χ0v) is 10.1. The van der Waals surface area contributed by atoms with Gasteiger partial charge in [0.15, 0.2) is 0 Å². The number of hydrogen-bond donors (Lipinski definition) is 2. The number of nitrogen functional groups attached to an aromatic ring is 1. The van der Waals surface area contributed by atoms with E-state index in [2.05, 4.69) is 15.4 Å². The van der Waals surface area contributed by atoms with Crippen LogP contribution in [0, 0.1) is 6.92 Å². The van der Waals surface area contributed by atoms with Crippen molar-refractivity contribution in [1.82, 2.24) is 9.97 Å². The predicted molar refractivity (Wildman–Crippen MR) is 62.8 cm³/mol. The summed E-state index contributed by atoms with van der Waals surface area (Å²) in [6.07, 6.45) is 0. The van der Waals surface area contributed by atoms with Gasteiger partial charge < -0.3 is 19.6 Å². The molecule has 1 aromatic heterocycles.